The largest absolute Gasteiger partial charge is 0.481 e. The van der Waals surface area contributed by atoms with E-state index >= 15 is 0 Å². The van der Waals surface area contributed by atoms with Crippen LogP contribution >= 0.6 is 35.2 Å². The highest BCUT2D eigenvalue weighted by Crippen LogP contribution is 2.61. The van der Waals surface area contributed by atoms with Crippen molar-refractivity contribution in [3.05, 3.63) is 90.5 Å². The number of aliphatic carboxylic acids is 1. The number of ether oxygens (including phenoxy) is 1. The molecule has 0 saturated carbocycles. The molecule has 0 bridgehead atoms. The number of carboxylic acids is 1. The number of amides is 2. The number of nitrogen functional groups attached to an aromatic ring is 1. The van der Waals surface area contributed by atoms with Gasteiger partial charge in [0.1, 0.15) is 36.3 Å². The number of hydrogen-bond donors (Lipinski definition) is 11. The molecule has 2 amide bonds. The van der Waals surface area contributed by atoms with Crippen LogP contribution in [0.3, 0.4) is 0 Å². The summed E-state index contributed by atoms with van der Waals surface area (Å²) in [7, 11) is -16.4. The van der Waals surface area contributed by atoms with Gasteiger partial charge in [0, 0.05) is 30.7 Å². The first-order valence-electron chi connectivity index (χ1n) is 20.4. The van der Waals surface area contributed by atoms with Crippen molar-refractivity contribution >= 4 is 81.2 Å². The van der Waals surface area contributed by atoms with Crippen molar-refractivity contribution in [3.8, 4) is 0 Å². The van der Waals surface area contributed by atoms with E-state index in [2.05, 4.69) is 34.4 Å². The van der Waals surface area contributed by atoms with Crippen LogP contribution in [0.1, 0.15) is 44.5 Å². The lowest BCUT2D eigenvalue weighted by molar-refractivity contribution is -0.157. The molecule has 2 unspecified atom stereocenters. The summed E-state index contributed by atoms with van der Waals surface area (Å²) >= 11 is 1.00. The topological polar surface area (TPSA) is 421 Å². The Morgan fingerprint density at radius 1 is 0.929 bits per heavy atom. The first-order chi connectivity index (χ1) is 32.6. The van der Waals surface area contributed by atoms with Crippen molar-refractivity contribution in [2.24, 2.45) is 5.41 Å². The SMILES string of the molecule is CC(C)(COP(=O)(O)OP(=O)(O)OC[C@H]1O[C@@H](n2cnc3c(N)ncnc32)[C@H](O)[C@@H]1OP(=O)(O)O)[C@@H](O)C(=O)NCCC(=O)NCCSC(=O)/C=C/c1ccccc1.C[C@](O)(C(=O)O)c1ccccc1. The normalized spacial score (nSPS) is 20.3. The van der Waals surface area contributed by atoms with Gasteiger partial charge in [0.15, 0.2) is 23.3 Å². The summed E-state index contributed by atoms with van der Waals surface area (Å²) in [4.78, 5) is 98.3. The molecule has 1 saturated heterocycles. The number of imidazole rings is 1. The van der Waals surface area contributed by atoms with Crippen molar-refractivity contribution in [1.82, 2.24) is 30.2 Å². The van der Waals surface area contributed by atoms with E-state index in [-0.39, 0.29) is 41.6 Å². The van der Waals surface area contributed by atoms with Crippen LogP contribution in [0, 0.1) is 5.41 Å². The van der Waals surface area contributed by atoms with E-state index in [1.54, 1.807) is 36.4 Å². The Hall–Kier alpha value is -4.83. The molecule has 2 aromatic heterocycles. The molecule has 5 rings (SSSR count). The van der Waals surface area contributed by atoms with Gasteiger partial charge in [-0.1, -0.05) is 92.3 Å². The zero-order valence-corrected chi connectivity index (χ0v) is 40.8. The van der Waals surface area contributed by atoms with Gasteiger partial charge in [-0.2, -0.15) is 4.31 Å². The number of phosphoric acid groups is 3. The Kier molecular flexibility index (Phi) is 20.6. The number of benzene rings is 2. The van der Waals surface area contributed by atoms with Crippen LogP contribution in [0.5, 0.6) is 0 Å². The van der Waals surface area contributed by atoms with Crippen LogP contribution < -0.4 is 16.4 Å². The second-order valence-electron chi connectivity index (χ2n) is 15.7. The molecule has 1 aliphatic heterocycles. The number of rotatable bonds is 23. The van der Waals surface area contributed by atoms with Gasteiger partial charge in [-0.05, 0) is 24.1 Å². The quantitative estimate of drug-likeness (QED) is 0.0284. The van der Waals surface area contributed by atoms with E-state index in [1.165, 1.54) is 26.8 Å². The van der Waals surface area contributed by atoms with E-state index in [0.717, 1.165) is 34.5 Å². The van der Waals surface area contributed by atoms with Gasteiger partial charge in [0.2, 0.25) is 16.9 Å². The first kappa shape index (κ1) is 57.7. The third kappa shape index (κ3) is 17.5. The standard InChI is InChI=1S/C30H42N7O17P3S.C9H10O3/c1-30(2,25(41)28(42)33-11-10-20(38)32-12-13-58-21(39)9-8-18-6-4-3-5-7-18)15-51-57(48,49)54-56(46,47)50-14-19-24(53-55(43,44)45)23(40)29(52-19)37-17-36-22-26(31)34-16-35-27(22)37;1-9(12,8(10)11)7-5-3-2-4-6-7/h3-9,16-17,19,23-25,29,40-41H,10-15H2,1-2H3,(H,32,38)(H,33,42)(H,46,47)(H,48,49)(H2,31,34,35)(H2,43,44,45);2-6,12H,1H3,(H,10,11)/b9-8+;/t19-,23-,24-,25+,29-;9-/m11/s1. The molecule has 12 N–H and O–H groups in total. The fourth-order valence-electron chi connectivity index (χ4n) is 5.94. The third-order valence-corrected chi connectivity index (χ3v) is 13.6. The van der Waals surface area contributed by atoms with Gasteiger partial charge >= 0.3 is 29.4 Å². The number of thioether (sulfide) groups is 1. The molecular formula is C39H52N7O20P3S. The lowest BCUT2D eigenvalue weighted by Gasteiger charge is -2.30. The van der Waals surface area contributed by atoms with Gasteiger partial charge in [-0.25, -0.2) is 33.4 Å². The summed E-state index contributed by atoms with van der Waals surface area (Å²) < 4.78 is 62.1. The number of aliphatic hydroxyl groups excluding tert-OH is 2. The van der Waals surface area contributed by atoms with E-state index in [4.69, 9.17) is 24.6 Å². The average Bonchev–Trinajstić information content (AvgIpc) is 3.86. The Morgan fingerprint density at radius 2 is 1.56 bits per heavy atom. The summed E-state index contributed by atoms with van der Waals surface area (Å²) in [6, 6.07) is 17.5. The monoisotopic (exact) mass is 1060 g/mol. The number of carboxylic acid groups (broad SMARTS) is 1. The first-order valence-corrected chi connectivity index (χ1v) is 25.9. The van der Waals surface area contributed by atoms with Crippen molar-refractivity contribution < 1.29 is 95.5 Å². The molecule has 0 radical (unpaired) electrons. The third-order valence-electron chi connectivity index (χ3n) is 9.71. The van der Waals surface area contributed by atoms with Crippen LogP contribution in [0.2, 0.25) is 0 Å². The van der Waals surface area contributed by atoms with Crippen molar-refractivity contribution in [1.29, 1.82) is 0 Å². The van der Waals surface area contributed by atoms with E-state index in [1.807, 2.05) is 30.3 Å². The van der Waals surface area contributed by atoms with Gasteiger partial charge in [0.05, 0.1) is 19.5 Å². The van der Waals surface area contributed by atoms with E-state index in [9.17, 15) is 67.8 Å². The second-order valence-corrected chi connectivity index (χ2v) is 21.1. The molecule has 1 fully saturated rings. The summed E-state index contributed by atoms with van der Waals surface area (Å²) in [5, 5.41) is 44.3. The number of phosphoric ester groups is 3. The molecule has 27 nitrogen and oxygen atoms in total. The molecule has 8 atom stereocenters. The molecule has 384 valence electrons. The van der Waals surface area contributed by atoms with Gasteiger partial charge in [-0.15, -0.1) is 0 Å². The number of anilines is 1. The Labute approximate surface area is 402 Å². The highest BCUT2D eigenvalue weighted by Gasteiger charge is 2.50. The fourth-order valence-corrected chi connectivity index (χ4v) is 9.34. The number of aliphatic hydroxyl groups is 3. The fraction of sp³-hybridized carbons (Fsp3) is 0.410. The molecule has 31 heteroatoms. The number of aromatic nitrogens is 4. The Morgan fingerprint density at radius 3 is 2.19 bits per heavy atom. The Balaban J connectivity index is 0.000000772. The highest BCUT2D eigenvalue weighted by molar-refractivity contribution is 8.14. The van der Waals surface area contributed by atoms with Crippen LogP contribution in [-0.4, -0.2) is 139 Å². The summed E-state index contributed by atoms with van der Waals surface area (Å²) in [6.07, 6.45) is -3.86. The summed E-state index contributed by atoms with van der Waals surface area (Å²) in [5.41, 5.74) is 3.71. The number of nitrogens with one attached hydrogen (secondary N) is 2. The van der Waals surface area contributed by atoms with Gasteiger partial charge < -0.3 is 61.1 Å². The molecule has 1 aliphatic rings. The lowest BCUT2D eigenvalue weighted by atomic mass is 9.87. The van der Waals surface area contributed by atoms with Crippen LogP contribution in [-0.2, 0) is 61.1 Å². The highest BCUT2D eigenvalue weighted by atomic mass is 32.2. The van der Waals surface area contributed by atoms with Gasteiger partial charge in [-0.3, -0.25) is 32.5 Å². The summed E-state index contributed by atoms with van der Waals surface area (Å²) in [6.45, 7) is 1.69. The zero-order chi connectivity index (χ0) is 52.1. The smallest absolute Gasteiger partial charge is 0.479 e. The zero-order valence-electron chi connectivity index (χ0n) is 37.3. The second kappa shape index (κ2) is 25.0. The van der Waals surface area contributed by atoms with Crippen LogP contribution in [0.25, 0.3) is 17.2 Å². The predicted octanol–water partition coefficient (Wildman–Crippen LogP) is 1.36. The predicted molar refractivity (Wildman–Crippen MR) is 246 cm³/mol. The number of nitrogens with two attached hydrogens (primary N) is 1. The minimum atomic E-state index is -5.58. The van der Waals surface area contributed by atoms with Crippen LogP contribution in [0.15, 0.2) is 79.4 Å². The number of nitrogens with zero attached hydrogens (tertiary/aromatic N) is 4. The molecule has 0 aliphatic carbocycles. The van der Waals surface area contributed by atoms with Gasteiger partial charge in [0.25, 0.3) is 0 Å². The number of carbonyl (C=O) groups excluding carboxylic acids is 3. The maximum atomic E-state index is 12.7. The number of fused-ring (bicyclic) bond motifs is 1. The van der Waals surface area contributed by atoms with Crippen molar-refractivity contribution in [2.45, 2.75) is 63.4 Å². The molecule has 3 heterocycles. The molecule has 70 heavy (non-hydrogen) atoms. The molecule has 0 spiro atoms. The summed E-state index contributed by atoms with van der Waals surface area (Å²) in [5.74, 6) is -2.43. The minimum absolute atomic E-state index is 0.0285. The van der Waals surface area contributed by atoms with Crippen molar-refractivity contribution in [3.63, 3.8) is 0 Å². The van der Waals surface area contributed by atoms with E-state index < -0.39 is 96.1 Å². The van der Waals surface area contributed by atoms with E-state index in [0.29, 0.717) is 11.3 Å². The Bertz CT molecular complexity index is 2610. The molecule has 4 aromatic rings. The maximum Gasteiger partial charge on any atom is 0.481 e. The lowest BCUT2D eigenvalue weighted by Crippen LogP contribution is -2.46. The number of hydrogen-bond acceptors (Lipinski definition) is 20. The molecule has 2 aromatic carbocycles. The minimum Gasteiger partial charge on any atom is -0.479 e. The molecular weight excluding hydrogens is 1010 g/mol. The number of carbonyl (C=O) groups is 4. The van der Waals surface area contributed by atoms with Crippen LogP contribution in [0.4, 0.5) is 5.82 Å². The van der Waals surface area contributed by atoms with Crippen molar-refractivity contribution in [2.75, 3.05) is 37.8 Å². The average molecular weight is 1060 g/mol. The maximum absolute atomic E-state index is 12.7.